The molecule has 0 radical (unpaired) electrons. The van der Waals surface area contributed by atoms with Crippen molar-refractivity contribution >= 4 is 68.2 Å². The Morgan fingerprint density at radius 3 is 0.640 bits per heavy atom. The topological polar surface area (TPSA) is 124 Å². The number of carbonyl (C=O) groups is 4. The molecule has 10 nitrogen and oxygen atoms in total. The van der Waals surface area contributed by atoms with Crippen molar-refractivity contribution < 1.29 is 47.6 Å². The van der Waals surface area contributed by atoms with Gasteiger partial charge in [0.15, 0.2) is 0 Å². The fourth-order valence-electron chi connectivity index (χ4n) is 11.5. The lowest BCUT2D eigenvalue weighted by atomic mass is 9.90. The average Bonchev–Trinajstić information content (AvgIpc) is 1.42. The van der Waals surface area contributed by atoms with Crippen molar-refractivity contribution in [3.8, 4) is 89.8 Å². The van der Waals surface area contributed by atoms with E-state index in [2.05, 4.69) is 97.1 Å². The number of carbonyl (C=O) groups excluding carboxylic acids is 4. The molecule has 0 fully saturated rings. The molecule has 0 aliphatic carbocycles. The molecule has 12 aromatic rings. The van der Waals surface area contributed by atoms with Crippen LogP contribution in [0.25, 0.3) is 110 Å². The second kappa shape index (κ2) is 24.7. The molecule has 12 aromatic carbocycles. The third-order valence-corrected chi connectivity index (χ3v) is 15.9. The van der Waals surface area contributed by atoms with Gasteiger partial charge in [0.1, 0.15) is 74.6 Å². The molecule has 0 saturated heterocycles. The lowest BCUT2D eigenvalue weighted by Gasteiger charge is -2.21. The van der Waals surface area contributed by atoms with Crippen molar-refractivity contribution in [2.24, 2.45) is 0 Å². The maximum absolute atomic E-state index is 11.5. The number of hydrogen-bond acceptors (Lipinski definition) is 10. The molecule has 420 valence electrons. The molecule has 13 rings (SSSR count). The van der Waals surface area contributed by atoms with Gasteiger partial charge in [0.05, 0.1) is 26.4 Å². The fraction of sp³-hybridized carbons (Fsp3) is 0.105. The third-order valence-electron chi connectivity index (χ3n) is 15.9. The van der Waals surface area contributed by atoms with Gasteiger partial charge in [0.25, 0.3) is 0 Å². The van der Waals surface area contributed by atoms with Crippen LogP contribution < -0.4 is 18.9 Å². The number of hydrogen-bond donors (Lipinski definition) is 0. The summed E-state index contributed by atoms with van der Waals surface area (Å²) >= 11 is 0. The molecule has 0 bridgehead atoms. The monoisotopic (exact) mass is 1130 g/mol. The Bertz CT molecular complexity index is 3950. The standard InChI is InChI=1S/C76H56O10/c77-45-49-1-9-53(10-2-49)57-17-25-65-61(41-57)21-29-69-73(65)74-66-26-18-58(54-11-3-50(46-78)4-12-54)42-62(66)22-30-70(74)84-38-34-82-36-40-86-72-32-24-64-44-60(56-15-7-52(48-80)8-16-56)20-28-68(64)76(72)75-67-27-19-59(55-13-5-51(47-79)6-14-55)43-63(67)23-31-71(75)85-39-35-81-33-37-83-69/h1-32,41-48H,33-40H2. The third kappa shape index (κ3) is 11.2. The Kier molecular flexibility index (Phi) is 15.7. The zero-order valence-electron chi connectivity index (χ0n) is 46.8. The molecule has 0 amide bonds. The summed E-state index contributed by atoms with van der Waals surface area (Å²) in [7, 11) is 0. The first-order valence-electron chi connectivity index (χ1n) is 28.6. The smallest absolute Gasteiger partial charge is 0.150 e. The van der Waals surface area contributed by atoms with E-state index in [4.69, 9.17) is 28.4 Å². The highest BCUT2D eigenvalue weighted by Gasteiger charge is 2.23. The summed E-state index contributed by atoms with van der Waals surface area (Å²) in [6.45, 7) is 1.99. The van der Waals surface area contributed by atoms with Crippen LogP contribution >= 0.6 is 0 Å². The Morgan fingerprint density at radius 1 is 0.221 bits per heavy atom. The summed E-state index contributed by atoms with van der Waals surface area (Å²) in [6, 6.07) is 72.1. The van der Waals surface area contributed by atoms with Crippen molar-refractivity contribution in [3.63, 3.8) is 0 Å². The highest BCUT2D eigenvalue weighted by Crippen LogP contribution is 2.49. The van der Waals surface area contributed by atoms with Crippen molar-refractivity contribution in [3.05, 3.63) is 241 Å². The van der Waals surface area contributed by atoms with Gasteiger partial charge in [-0.15, -0.1) is 0 Å². The van der Waals surface area contributed by atoms with Gasteiger partial charge in [-0.1, -0.05) is 170 Å². The number of ether oxygens (including phenoxy) is 6. The van der Waals surface area contributed by atoms with Crippen molar-refractivity contribution in [1.82, 2.24) is 0 Å². The molecule has 0 aromatic heterocycles. The van der Waals surface area contributed by atoms with Crippen molar-refractivity contribution in [2.45, 2.75) is 0 Å². The van der Waals surface area contributed by atoms with Crippen molar-refractivity contribution in [1.29, 1.82) is 0 Å². The van der Waals surface area contributed by atoms with Crippen LogP contribution in [0.4, 0.5) is 0 Å². The van der Waals surface area contributed by atoms with Gasteiger partial charge < -0.3 is 28.4 Å². The van der Waals surface area contributed by atoms with Crippen LogP contribution in [-0.2, 0) is 9.47 Å². The zero-order chi connectivity index (χ0) is 58.3. The van der Waals surface area contributed by atoms with Crippen LogP contribution in [-0.4, -0.2) is 78.0 Å². The Balaban J connectivity index is 0.871. The molecule has 10 heteroatoms. The molecule has 0 atom stereocenters. The van der Waals surface area contributed by atoms with Gasteiger partial charge in [-0.25, -0.2) is 0 Å². The lowest BCUT2D eigenvalue weighted by Crippen LogP contribution is -2.14. The summed E-state index contributed by atoms with van der Waals surface area (Å²) < 4.78 is 39.9. The van der Waals surface area contributed by atoms with E-state index in [0.29, 0.717) is 45.3 Å². The first kappa shape index (κ1) is 54.7. The molecule has 0 saturated carbocycles. The Labute approximate surface area is 496 Å². The summed E-state index contributed by atoms with van der Waals surface area (Å²) in [6.07, 6.45) is 3.39. The van der Waals surface area contributed by atoms with Crippen molar-refractivity contribution in [2.75, 3.05) is 52.9 Å². The van der Waals surface area contributed by atoms with Gasteiger partial charge >= 0.3 is 0 Å². The highest BCUT2D eigenvalue weighted by molar-refractivity contribution is 6.13. The summed E-state index contributed by atoms with van der Waals surface area (Å²) in [5, 5.41) is 7.74. The van der Waals surface area contributed by atoms with E-state index in [1.54, 1.807) is 0 Å². The van der Waals surface area contributed by atoms with Gasteiger partial charge in [0, 0.05) is 44.5 Å². The van der Waals surface area contributed by atoms with E-state index in [1.165, 1.54) is 0 Å². The minimum Gasteiger partial charge on any atom is -0.491 e. The van der Waals surface area contributed by atoms with Crippen LogP contribution in [0.1, 0.15) is 41.4 Å². The minimum absolute atomic E-state index is 0.233. The molecule has 1 aliphatic heterocycles. The zero-order valence-corrected chi connectivity index (χ0v) is 46.8. The summed E-state index contributed by atoms with van der Waals surface area (Å²) in [5.41, 5.74) is 13.8. The Hall–Kier alpha value is -10.5. The summed E-state index contributed by atoms with van der Waals surface area (Å²) in [4.78, 5) is 46.2. The van der Waals surface area contributed by atoms with Crippen LogP contribution in [0.2, 0.25) is 0 Å². The molecule has 1 aliphatic rings. The SMILES string of the molecule is O=Cc1ccc(-c2ccc3c4c(ccc3c2)OCCOCCOc2ccc3cc(-c5ccc(C=O)cc5)ccc3c2-c2c(ccc3cc(-c5ccc(C=O)cc5)ccc23)OCCOCCOc2ccc3cc(-c5ccc(C=O)cc5)ccc3c2-4)cc1. The normalized spacial score (nSPS) is 13.2. The first-order valence-corrected chi connectivity index (χ1v) is 28.6. The number of fused-ring (bicyclic) bond motifs is 14. The first-order chi connectivity index (χ1) is 42.4. The second-order valence-corrected chi connectivity index (χ2v) is 21.1. The highest BCUT2D eigenvalue weighted by atomic mass is 16.6. The average molecular weight is 1130 g/mol. The van der Waals surface area contributed by atoms with Crippen LogP contribution in [0.15, 0.2) is 218 Å². The number of benzene rings is 12. The van der Waals surface area contributed by atoms with Gasteiger partial charge in [-0.2, -0.15) is 0 Å². The second-order valence-electron chi connectivity index (χ2n) is 21.1. The van der Waals surface area contributed by atoms with E-state index in [9.17, 15) is 19.2 Å². The molecule has 1 heterocycles. The maximum atomic E-state index is 11.5. The predicted molar refractivity (Wildman–Crippen MR) is 341 cm³/mol. The van der Waals surface area contributed by atoms with Gasteiger partial charge in [-0.3, -0.25) is 19.2 Å². The largest absolute Gasteiger partial charge is 0.491 e. The Morgan fingerprint density at radius 2 is 0.430 bits per heavy atom. The number of aldehydes is 4. The molecular formula is C76H56O10. The van der Waals surface area contributed by atoms with E-state index < -0.39 is 0 Å². The molecule has 0 N–H and O–H groups in total. The summed E-state index contributed by atoms with van der Waals surface area (Å²) in [5.74, 6) is 2.60. The molecule has 0 unspecified atom stereocenters. The molecule has 0 spiro atoms. The van der Waals surface area contributed by atoms with Crippen LogP contribution in [0, 0.1) is 0 Å². The molecule has 86 heavy (non-hydrogen) atoms. The van der Waals surface area contributed by atoms with E-state index in [0.717, 1.165) is 135 Å². The maximum Gasteiger partial charge on any atom is 0.150 e. The number of rotatable bonds is 8. The molecular weight excluding hydrogens is 1070 g/mol. The minimum atomic E-state index is 0.233. The van der Waals surface area contributed by atoms with E-state index in [-0.39, 0.29) is 52.9 Å². The lowest BCUT2D eigenvalue weighted by molar-refractivity contribution is 0.0759. The predicted octanol–water partition coefficient (Wildman–Crippen LogP) is 16.8. The van der Waals surface area contributed by atoms with E-state index >= 15 is 0 Å². The fourth-order valence-corrected chi connectivity index (χ4v) is 11.5. The van der Waals surface area contributed by atoms with Gasteiger partial charge in [0.2, 0.25) is 0 Å². The van der Waals surface area contributed by atoms with E-state index in [1.807, 2.05) is 121 Å². The van der Waals surface area contributed by atoms with Crippen LogP contribution in [0.3, 0.4) is 0 Å². The quantitative estimate of drug-likeness (QED) is 0.136. The van der Waals surface area contributed by atoms with Gasteiger partial charge in [-0.05, 0) is 136 Å². The van der Waals surface area contributed by atoms with Crippen LogP contribution in [0.5, 0.6) is 23.0 Å².